The first kappa shape index (κ1) is 10.6. The second-order valence-corrected chi connectivity index (χ2v) is 3.07. The lowest BCUT2D eigenvalue weighted by Crippen LogP contribution is -2.36. The van der Waals surface area contributed by atoms with Crippen molar-refractivity contribution in [3.8, 4) is 0 Å². The summed E-state index contributed by atoms with van der Waals surface area (Å²) in [6.45, 7) is 1.82. The lowest BCUT2D eigenvalue weighted by molar-refractivity contribution is -0.141. The topological polar surface area (TPSA) is 96.4 Å². The molecule has 0 aliphatic heterocycles. The van der Waals surface area contributed by atoms with Gasteiger partial charge in [-0.2, -0.15) is 0 Å². The van der Waals surface area contributed by atoms with Gasteiger partial charge in [0.1, 0.15) is 12.1 Å². The van der Waals surface area contributed by atoms with E-state index in [4.69, 9.17) is 10.8 Å². The molecule has 14 heavy (non-hydrogen) atoms. The van der Waals surface area contributed by atoms with Gasteiger partial charge in [0.05, 0.1) is 5.69 Å². The highest BCUT2D eigenvalue weighted by atomic mass is 16.4. The number of aromatic nitrogens is 1. The molecule has 4 N–H and O–H groups in total. The number of pyridine rings is 1. The van der Waals surface area contributed by atoms with Crippen LogP contribution in [-0.2, 0) is 4.79 Å². The van der Waals surface area contributed by atoms with E-state index in [1.54, 1.807) is 12.1 Å². The van der Waals surface area contributed by atoms with E-state index in [9.17, 15) is 9.90 Å². The van der Waals surface area contributed by atoms with Crippen LogP contribution in [0.1, 0.15) is 17.4 Å². The van der Waals surface area contributed by atoms with Crippen LogP contribution in [0.2, 0.25) is 0 Å². The van der Waals surface area contributed by atoms with Gasteiger partial charge in [-0.25, -0.2) is 0 Å². The second-order valence-electron chi connectivity index (χ2n) is 3.07. The van der Waals surface area contributed by atoms with Crippen LogP contribution in [0, 0.1) is 6.92 Å². The summed E-state index contributed by atoms with van der Waals surface area (Å²) in [6.07, 6.45) is 0.232. The molecule has 0 aliphatic rings. The van der Waals surface area contributed by atoms with E-state index in [0.29, 0.717) is 0 Å². The maximum Gasteiger partial charge on any atom is 0.323 e. The van der Waals surface area contributed by atoms with Gasteiger partial charge in [-0.1, -0.05) is 0 Å². The summed E-state index contributed by atoms with van der Waals surface area (Å²) in [7, 11) is 0. The maximum absolute atomic E-state index is 10.5. The first-order chi connectivity index (χ1) is 6.52. The van der Waals surface area contributed by atoms with Crippen LogP contribution in [0.5, 0.6) is 0 Å². The van der Waals surface area contributed by atoms with Crippen LogP contribution >= 0.6 is 0 Å². The quantitative estimate of drug-likeness (QED) is 0.624. The molecule has 1 rings (SSSR count). The molecule has 2 unspecified atom stereocenters. The third kappa shape index (κ3) is 2.27. The molecule has 76 valence electrons. The zero-order valence-corrected chi connectivity index (χ0v) is 7.71. The molecule has 0 spiro atoms. The number of aliphatic carboxylic acids is 1. The molecule has 1 aromatic heterocycles. The molecular weight excluding hydrogens is 184 g/mol. The van der Waals surface area contributed by atoms with Gasteiger partial charge < -0.3 is 15.9 Å². The Kier molecular flexibility index (Phi) is 3.16. The predicted octanol–water partition coefficient (Wildman–Crippen LogP) is -0.165. The molecule has 5 heteroatoms. The SMILES string of the molecule is Cc1ccnc(C(O)C(N)C(=O)O)c1. The van der Waals surface area contributed by atoms with E-state index in [1.165, 1.54) is 6.20 Å². The van der Waals surface area contributed by atoms with Crippen LogP contribution < -0.4 is 5.73 Å². The molecule has 0 aromatic carbocycles. The number of nitrogens with zero attached hydrogens (tertiary/aromatic N) is 1. The molecule has 1 heterocycles. The minimum Gasteiger partial charge on any atom is -0.480 e. The number of rotatable bonds is 3. The van der Waals surface area contributed by atoms with Gasteiger partial charge in [0, 0.05) is 6.20 Å². The largest absolute Gasteiger partial charge is 0.480 e. The number of aryl methyl sites for hydroxylation is 1. The summed E-state index contributed by atoms with van der Waals surface area (Å²) in [5, 5.41) is 18.1. The van der Waals surface area contributed by atoms with E-state index in [-0.39, 0.29) is 5.69 Å². The van der Waals surface area contributed by atoms with Crippen molar-refractivity contribution in [3.63, 3.8) is 0 Å². The molecule has 0 saturated heterocycles. The lowest BCUT2D eigenvalue weighted by atomic mass is 10.1. The van der Waals surface area contributed by atoms with Crippen molar-refractivity contribution in [1.29, 1.82) is 0 Å². The standard InChI is InChI=1S/C9H12N2O3/c1-5-2-3-11-6(4-5)8(12)7(10)9(13)14/h2-4,7-8,12H,10H2,1H3,(H,13,14). The van der Waals surface area contributed by atoms with Gasteiger partial charge in [0.15, 0.2) is 0 Å². The monoisotopic (exact) mass is 196 g/mol. The van der Waals surface area contributed by atoms with Crippen LogP contribution in [0.15, 0.2) is 18.3 Å². The summed E-state index contributed by atoms with van der Waals surface area (Å²) in [5.41, 5.74) is 6.43. The van der Waals surface area contributed by atoms with E-state index in [1.807, 2.05) is 6.92 Å². The molecule has 0 bridgehead atoms. The van der Waals surface area contributed by atoms with E-state index < -0.39 is 18.1 Å². The van der Waals surface area contributed by atoms with Crippen molar-refractivity contribution >= 4 is 5.97 Å². The average molecular weight is 196 g/mol. The van der Waals surface area contributed by atoms with Crippen LogP contribution in [0.3, 0.4) is 0 Å². The Labute approximate surface area is 81.2 Å². The highest BCUT2D eigenvalue weighted by Crippen LogP contribution is 2.14. The molecule has 5 nitrogen and oxygen atoms in total. The Morgan fingerprint density at radius 3 is 2.79 bits per heavy atom. The number of hydrogen-bond acceptors (Lipinski definition) is 4. The van der Waals surface area contributed by atoms with E-state index >= 15 is 0 Å². The minimum absolute atomic E-state index is 0.278. The Balaban J connectivity index is 2.89. The number of hydrogen-bond donors (Lipinski definition) is 3. The van der Waals surface area contributed by atoms with Crippen molar-refractivity contribution in [2.75, 3.05) is 0 Å². The highest BCUT2D eigenvalue weighted by molar-refractivity contribution is 5.74. The summed E-state index contributed by atoms with van der Waals surface area (Å²) >= 11 is 0. The van der Waals surface area contributed by atoms with Crippen molar-refractivity contribution in [2.45, 2.75) is 19.1 Å². The van der Waals surface area contributed by atoms with E-state index in [0.717, 1.165) is 5.56 Å². The predicted molar refractivity (Wildman–Crippen MR) is 49.5 cm³/mol. The van der Waals surface area contributed by atoms with Gasteiger partial charge in [-0.3, -0.25) is 9.78 Å². The van der Waals surface area contributed by atoms with Crippen LogP contribution in [-0.4, -0.2) is 27.2 Å². The fourth-order valence-electron chi connectivity index (χ4n) is 1.04. The summed E-state index contributed by atoms with van der Waals surface area (Å²) in [4.78, 5) is 14.3. The molecular formula is C9H12N2O3. The highest BCUT2D eigenvalue weighted by Gasteiger charge is 2.24. The Bertz CT molecular complexity index is 341. The smallest absolute Gasteiger partial charge is 0.323 e. The molecule has 0 saturated carbocycles. The number of carboxylic acid groups (broad SMARTS) is 1. The van der Waals surface area contributed by atoms with Crippen molar-refractivity contribution < 1.29 is 15.0 Å². The number of nitrogens with two attached hydrogens (primary N) is 1. The minimum atomic E-state index is -1.34. The number of carbonyl (C=O) groups is 1. The Morgan fingerprint density at radius 1 is 1.64 bits per heavy atom. The third-order valence-electron chi connectivity index (χ3n) is 1.86. The lowest BCUT2D eigenvalue weighted by Gasteiger charge is -2.14. The van der Waals surface area contributed by atoms with Gasteiger partial charge in [0.2, 0.25) is 0 Å². The first-order valence-electron chi connectivity index (χ1n) is 4.11. The van der Waals surface area contributed by atoms with Crippen molar-refractivity contribution in [2.24, 2.45) is 5.73 Å². The summed E-state index contributed by atoms with van der Waals surface area (Å²) in [6, 6.07) is 2.01. The molecule has 2 atom stereocenters. The fraction of sp³-hybridized carbons (Fsp3) is 0.333. The zero-order chi connectivity index (χ0) is 10.7. The van der Waals surface area contributed by atoms with Crippen molar-refractivity contribution in [1.82, 2.24) is 4.98 Å². The Morgan fingerprint density at radius 2 is 2.29 bits per heavy atom. The van der Waals surface area contributed by atoms with E-state index in [2.05, 4.69) is 4.98 Å². The summed E-state index contributed by atoms with van der Waals surface area (Å²) in [5.74, 6) is -1.25. The fourth-order valence-corrected chi connectivity index (χ4v) is 1.04. The normalized spacial score (nSPS) is 14.8. The third-order valence-corrected chi connectivity index (χ3v) is 1.86. The molecule has 1 aromatic rings. The molecule has 0 fully saturated rings. The van der Waals surface area contributed by atoms with Gasteiger partial charge in [-0.05, 0) is 24.6 Å². The van der Waals surface area contributed by atoms with Gasteiger partial charge >= 0.3 is 5.97 Å². The van der Waals surface area contributed by atoms with Crippen LogP contribution in [0.25, 0.3) is 0 Å². The number of carboxylic acids is 1. The molecule has 0 amide bonds. The Hall–Kier alpha value is -1.46. The second kappa shape index (κ2) is 4.17. The first-order valence-corrected chi connectivity index (χ1v) is 4.11. The van der Waals surface area contributed by atoms with Crippen molar-refractivity contribution in [3.05, 3.63) is 29.6 Å². The number of aliphatic hydroxyl groups excluding tert-OH is 1. The van der Waals surface area contributed by atoms with Crippen LogP contribution in [0.4, 0.5) is 0 Å². The maximum atomic E-state index is 10.5. The molecule has 0 aliphatic carbocycles. The van der Waals surface area contributed by atoms with Gasteiger partial charge in [-0.15, -0.1) is 0 Å². The number of aliphatic hydroxyl groups is 1. The molecule has 0 radical (unpaired) electrons. The average Bonchev–Trinajstić information content (AvgIpc) is 2.15. The summed E-state index contributed by atoms with van der Waals surface area (Å²) < 4.78 is 0. The zero-order valence-electron chi connectivity index (χ0n) is 7.71. The van der Waals surface area contributed by atoms with Gasteiger partial charge in [0.25, 0.3) is 0 Å².